The van der Waals surface area contributed by atoms with Gasteiger partial charge >= 0.3 is 14.5 Å². The highest BCUT2D eigenvalue weighted by Gasteiger charge is 2.24. The van der Waals surface area contributed by atoms with E-state index in [0.29, 0.717) is 23.3 Å². The Morgan fingerprint density at radius 3 is 2.59 bits per heavy atom. The van der Waals surface area contributed by atoms with Crippen LogP contribution in [0.3, 0.4) is 0 Å². The lowest BCUT2D eigenvalue weighted by Gasteiger charge is -2.22. The monoisotopic (exact) mass is 420 g/mol. The van der Waals surface area contributed by atoms with Crippen molar-refractivity contribution in [2.45, 2.75) is 46.4 Å². The number of nitrogens with one attached hydrogen (secondary N) is 1. The number of ether oxygens (including phenoxy) is 1. The average Bonchev–Trinajstić information content (AvgIpc) is 2.68. The van der Waals surface area contributed by atoms with Crippen molar-refractivity contribution in [2.75, 3.05) is 0 Å². The molecule has 1 unspecified atom stereocenters. The molecule has 0 aliphatic heterocycles. The second-order valence-electron chi connectivity index (χ2n) is 6.52. The van der Waals surface area contributed by atoms with E-state index in [1.807, 2.05) is 18.2 Å². The molecule has 1 aromatic carbocycles. The minimum absolute atomic E-state index is 0.0492. The van der Waals surface area contributed by atoms with Gasteiger partial charge in [-0.2, -0.15) is 0 Å². The number of hydrogen-bond donors (Lipinski definition) is 2. The van der Waals surface area contributed by atoms with Gasteiger partial charge in [0, 0.05) is 11.8 Å². The molecule has 2 aromatic rings. The molecule has 0 aliphatic rings. The first-order valence-corrected chi connectivity index (χ1v) is 10.2. The van der Waals surface area contributed by atoms with Crippen LogP contribution >= 0.6 is 8.53 Å². The van der Waals surface area contributed by atoms with Crippen LogP contribution in [0.4, 0.5) is 0 Å². The van der Waals surface area contributed by atoms with Gasteiger partial charge in [0.05, 0.1) is 24.0 Å². The number of carbonyl (C=O) groups is 2. The van der Waals surface area contributed by atoms with Crippen LogP contribution in [0.2, 0.25) is 0 Å². The second-order valence-corrected chi connectivity index (χ2v) is 7.73. The average molecular weight is 420 g/mol. The molecule has 0 radical (unpaired) electrons. The minimum atomic E-state index is -1.77. The number of aromatic nitrogens is 1. The van der Waals surface area contributed by atoms with Crippen LogP contribution in [0, 0.1) is 6.92 Å². The maximum absolute atomic E-state index is 12.1. The number of benzene rings is 1. The molecule has 0 bridgehead atoms. The smallest absolute Gasteiger partial charge is 0.323 e. The van der Waals surface area contributed by atoms with Crippen molar-refractivity contribution in [3.8, 4) is 11.5 Å². The highest BCUT2D eigenvalue weighted by atomic mass is 31.2. The number of pyridine rings is 1. The number of aryl methyl sites for hydroxylation is 1. The van der Waals surface area contributed by atoms with E-state index in [0.717, 1.165) is 0 Å². The normalized spacial score (nSPS) is 13.0. The summed E-state index contributed by atoms with van der Waals surface area (Å²) in [5.74, 6) is -0.0664. The summed E-state index contributed by atoms with van der Waals surface area (Å²) in [5.41, 5.74) is 0.868. The number of nitrogens with zero attached hydrogens (tertiary/aromatic N) is 1. The largest absolute Gasteiger partial charge is 0.505 e. The maximum atomic E-state index is 12.1. The van der Waals surface area contributed by atoms with Gasteiger partial charge in [0.25, 0.3) is 0 Å². The predicted molar refractivity (Wildman–Crippen MR) is 109 cm³/mol. The Bertz CT molecular complexity index is 831. The maximum Gasteiger partial charge on any atom is 0.323 e. The molecular formula is C20H25N2O6P. The summed E-state index contributed by atoms with van der Waals surface area (Å²) in [5, 5.41) is 13.0. The molecule has 9 heteroatoms. The summed E-state index contributed by atoms with van der Waals surface area (Å²) in [6, 6.07) is 8.31. The second kappa shape index (κ2) is 10.9. The molecule has 1 aromatic heterocycles. The quantitative estimate of drug-likeness (QED) is 0.341. The lowest BCUT2D eigenvalue weighted by atomic mass is 10.1. The number of rotatable bonds is 10. The fourth-order valence-electron chi connectivity index (χ4n) is 2.24. The van der Waals surface area contributed by atoms with E-state index in [2.05, 4.69) is 10.1 Å². The molecule has 8 nitrogen and oxygen atoms in total. The van der Waals surface area contributed by atoms with Crippen LogP contribution in [0.5, 0.6) is 11.5 Å². The molecule has 0 saturated carbocycles. The van der Waals surface area contributed by atoms with Crippen molar-refractivity contribution in [1.82, 2.24) is 10.1 Å². The molecule has 0 spiro atoms. The summed E-state index contributed by atoms with van der Waals surface area (Å²) in [6.07, 6.45) is 1.77. The van der Waals surface area contributed by atoms with E-state index in [1.165, 1.54) is 6.20 Å². The van der Waals surface area contributed by atoms with Gasteiger partial charge in [0.15, 0.2) is 6.29 Å². The van der Waals surface area contributed by atoms with Crippen molar-refractivity contribution < 1.29 is 28.5 Å². The van der Waals surface area contributed by atoms with E-state index in [1.54, 1.807) is 39.8 Å². The topological polar surface area (TPSA) is 107 Å². The van der Waals surface area contributed by atoms with Gasteiger partial charge in [-0.05, 0) is 39.8 Å². The van der Waals surface area contributed by atoms with Crippen LogP contribution in [0.1, 0.15) is 42.4 Å². The van der Waals surface area contributed by atoms with Gasteiger partial charge < -0.3 is 18.9 Å². The lowest BCUT2D eigenvalue weighted by Crippen LogP contribution is -2.34. The van der Waals surface area contributed by atoms with Gasteiger partial charge in [-0.3, -0.25) is 14.6 Å². The van der Waals surface area contributed by atoms with Crippen LogP contribution in [-0.4, -0.2) is 34.5 Å². The van der Waals surface area contributed by atoms with Crippen molar-refractivity contribution in [1.29, 1.82) is 0 Å². The van der Waals surface area contributed by atoms with Crippen molar-refractivity contribution >= 4 is 20.8 Å². The molecule has 0 aliphatic carbocycles. The van der Waals surface area contributed by atoms with E-state index in [-0.39, 0.29) is 24.0 Å². The third kappa shape index (κ3) is 6.78. The number of hydrogen-bond acceptors (Lipinski definition) is 8. The Morgan fingerprint density at radius 2 is 1.97 bits per heavy atom. The van der Waals surface area contributed by atoms with E-state index < -0.39 is 20.5 Å². The Kier molecular flexibility index (Phi) is 8.51. The van der Waals surface area contributed by atoms with E-state index in [4.69, 9.17) is 13.8 Å². The standard InChI is InChI=1S/C20H25N2O6P/c1-13(2)27-20(25)15(4)22-29(28-17-8-6-5-7-9-17)26-12-16-10-21-14(3)19(24)18(16)11-23/h5-11,13,15,22,24H,12H2,1-4H3/t15-,29?/m0/s1. The minimum Gasteiger partial charge on any atom is -0.505 e. The summed E-state index contributed by atoms with van der Waals surface area (Å²) >= 11 is 0. The Hall–Kier alpha value is -2.54. The molecule has 0 saturated heterocycles. The van der Waals surface area contributed by atoms with Crippen molar-refractivity contribution in [3.05, 3.63) is 53.3 Å². The third-order valence-electron chi connectivity index (χ3n) is 3.75. The van der Waals surface area contributed by atoms with Gasteiger partial charge in [0.2, 0.25) is 0 Å². The van der Waals surface area contributed by atoms with Crippen molar-refractivity contribution in [3.63, 3.8) is 0 Å². The Morgan fingerprint density at radius 1 is 1.28 bits per heavy atom. The lowest BCUT2D eigenvalue weighted by molar-refractivity contribution is -0.149. The number of carbonyl (C=O) groups excluding carboxylic acids is 2. The Labute approximate surface area is 171 Å². The first-order valence-electron chi connectivity index (χ1n) is 9.07. The summed E-state index contributed by atoms with van der Waals surface area (Å²) in [6.45, 7) is 6.73. The predicted octanol–water partition coefficient (Wildman–Crippen LogP) is 3.66. The van der Waals surface area contributed by atoms with Gasteiger partial charge in [-0.25, -0.2) is 5.09 Å². The molecular weight excluding hydrogens is 395 g/mol. The van der Waals surface area contributed by atoms with Crippen molar-refractivity contribution in [2.24, 2.45) is 0 Å². The summed E-state index contributed by atoms with van der Waals surface area (Å²) < 4.78 is 16.9. The van der Waals surface area contributed by atoms with Crippen LogP contribution in [0.15, 0.2) is 36.5 Å². The first kappa shape index (κ1) is 22.7. The van der Waals surface area contributed by atoms with E-state index >= 15 is 0 Å². The van der Waals surface area contributed by atoms with E-state index in [9.17, 15) is 14.7 Å². The zero-order chi connectivity index (χ0) is 21.4. The molecule has 2 N–H and O–H groups in total. The highest BCUT2D eigenvalue weighted by Crippen LogP contribution is 2.38. The fourth-order valence-corrected chi connectivity index (χ4v) is 3.41. The summed E-state index contributed by atoms with van der Waals surface area (Å²) in [4.78, 5) is 27.5. The highest BCUT2D eigenvalue weighted by molar-refractivity contribution is 7.45. The summed E-state index contributed by atoms with van der Waals surface area (Å²) in [7, 11) is -1.77. The first-order chi connectivity index (χ1) is 13.8. The van der Waals surface area contributed by atoms with Crippen LogP contribution in [0.25, 0.3) is 0 Å². The fraction of sp³-hybridized carbons (Fsp3) is 0.350. The number of para-hydroxylation sites is 1. The van der Waals surface area contributed by atoms with Crippen LogP contribution in [-0.2, 0) is 20.7 Å². The van der Waals surface area contributed by atoms with Gasteiger partial charge in [-0.15, -0.1) is 0 Å². The molecule has 1 heterocycles. The zero-order valence-electron chi connectivity index (χ0n) is 16.8. The molecule has 0 fully saturated rings. The number of aldehydes is 1. The third-order valence-corrected chi connectivity index (χ3v) is 5.09. The SMILES string of the molecule is Cc1ncc(COP(N[C@@H](C)C(=O)OC(C)C)Oc2ccccc2)c(C=O)c1O. The molecule has 29 heavy (non-hydrogen) atoms. The van der Waals surface area contributed by atoms with Gasteiger partial charge in [-0.1, -0.05) is 18.2 Å². The number of esters is 1. The molecule has 2 atom stereocenters. The zero-order valence-corrected chi connectivity index (χ0v) is 17.7. The molecule has 156 valence electrons. The van der Waals surface area contributed by atoms with Crippen LogP contribution < -0.4 is 9.61 Å². The Balaban J connectivity index is 2.14. The number of aromatic hydroxyl groups is 1. The molecule has 0 amide bonds. The van der Waals surface area contributed by atoms with Gasteiger partial charge in [0.1, 0.15) is 17.5 Å². The molecule has 2 rings (SSSR count).